The van der Waals surface area contributed by atoms with E-state index in [1.165, 1.54) is 45.7 Å². The molecule has 0 aliphatic heterocycles. The molecule has 1 N–H and O–H groups in total. The predicted octanol–water partition coefficient (Wildman–Crippen LogP) is 3.54. The van der Waals surface area contributed by atoms with Crippen LogP contribution in [0, 0.1) is 10.1 Å². The Morgan fingerprint density at radius 3 is 2.40 bits per heavy atom. The number of hydrogen-bond donors (Lipinski definition) is 1. The number of anilines is 1. The predicted molar refractivity (Wildman–Crippen MR) is 112 cm³/mol. The Hall–Kier alpha value is -3.58. The van der Waals surface area contributed by atoms with Gasteiger partial charge in [0.15, 0.2) is 11.5 Å². The average Bonchev–Trinajstić information content (AvgIpc) is 3.40. The normalized spacial score (nSPS) is 10.8. The molecule has 0 bridgehead atoms. The fraction of sp³-hybridized carbons (Fsp3) is 0.176. The van der Waals surface area contributed by atoms with E-state index in [-0.39, 0.29) is 20.8 Å². The highest BCUT2D eigenvalue weighted by molar-refractivity contribution is 7.19. The van der Waals surface area contributed by atoms with Crippen molar-refractivity contribution in [2.24, 2.45) is 4.99 Å². The van der Waals surface area contributed by atoms with E-state index in [1.807, 2.05) is 0 Å². The third-order valence-electron chi connectivity index (χ3n) is 3.66. The van der Waals surface area contributed by atoms with Crippen molar-refractivity contribution >= 4 is 50.1 Å². The van der Waals surface area contributed by atoms with Crippen LogP contribution >= 0.6 is 22.7 Å². The number of thiophene rings is 1. The number of rotatable bonds is 8. The number of carbonyl (C=O) groups is 1. The van der Waals surface area contributed by atoms with E-state index in [0.29, 0.717) is 22.1 Å². The van der Waals surface area contributed by atoms with Gasteiger partial charge in [0.1, 0.15) is 0 Å². The van der Waals surface area contributed by atoms with Gasteiger partial charge in [0.05, 0.1) is 31.1 Å². The van der Waals surface area contributed by atoms with Gasteiger partial charge in [0.25, 0.3) is 5.91 Å². The van der Waals surface area contributed by atoms with Gasteiger partial charge in [-0.15, -0.1) is 10.2 Å². The Balaban J connectivity index is 1.73. The zero-order valence-corrected chi connectivity index (χ0v) is 17.6. The summed E-state index contributed by atoms with van der Waals surface area (Å²) in [5.74, 6) is 0.608. The molecule has 2 heterocycles. The molecule has 0 saturated carbocycles. The van der Waals surface area contributed by atoms with Gasteiger partial charge >= 0.3 is 5.00 Å². The maximum atomic E-state index is 12.6. The Bertz CT molecular complexity index is 1080. The zero-order chi connectivity index (χ0) is 21.7. The van der Waals surface area contributed by atoms with E-state index in [9.17, 15) is 14.9 Å². The molecule has 1 amide bonds. The fourth-order valence-electron chi connectivity index (χ4n) is 2.33. The lowest BCUT2D eigenvalue weighted by molar-refractivity contribution is -0.380. The number of benzene rings is 1. The molecule has 0 atom stereocenters. The topological polar surface area (TPSA) is 138 Å². The molecule has 3 rings (SSSR count). The lowest BCUT2D eigenvalue weighted by Gasteiger charge is -2.13. The van der Waals surface area contributed by atoms with Crippen LogP contribution in [0.5, 0.6) is 17.2 Å². The number of nitrogens with one attached hydrogen (secondary N) is 1. The summed E-state index contributed by atoms with van der Waals surface area (Å²) in [6.07, 6.45) is 1.45. The van der Waals surface area contributed by atoms with Gasteiger partial charge in [-0.1, -0.05) is 22.7 Å². The largest absolute Gasteiger partial charge is 0.493 e. The molecule has 0 unspecified atom stereocenters. The fourth-order valence-corrected chi connectivity index (χ4v) is 3.61. The van der Waals surface area contributed by atoms with E-state index in [4.69, 9.17) is 14.2 Å². The van der Waals surface area contributed by atoms with Crippen LogP contribution in [-0.2, 0) is 0 Å². The molecule has 0 aliphatic rings. The van der Waals surface area contributed by atoms with E-state index >= 15 is 0 Å². The SMILES string of the molecule is COc1cc(C(=O)Nc2nnc(N=Cc3ccc([N+](=O)[O-])s3)s2)cc(OC)c1OC. The first kappa shape index (κ1) is 21.1. The summed E-state index contributed by atoms with van der Waals surface area (Å²) >= 11 is 2.04. The highest BCUT2D eigenvalue weighted by Crippen LogP contribution is 2.38. The highest BCUT2D eigenvalue weighted by atomic mass is 32.1. The maximum Gasteiger partial charge on any atom is 0.324 e. The first-order chi connectivity index (χ1) is 14.4. The van der Waals surface area contributed by atoms with Crippen molar-refractivity contribution in [3.8, 4) is 17.2 Å². The van der Waals surface area contributed by atoms with Crippen molar-refractivity contribution in [2.45, 2.75) is 0 Å². The summed E-state index contributed by atoms with van der Waals surface area (Å²) in [4.78, 5) is 27.6. The average molecular weight is 449 g/mol. The Kier molecular flexibility index (Phi) is 6.54. The number of aliphatic imine (C=N–C) groups is 1. The second kappa shape index (κ2) is 9.28. The van der Waals surface area contributed by atoms with Crippen molar-refractivity contribution in [1.29, 1.82) is 0 Å². The molecule has 156 valence electrons. The maximum absolute atomic E-state index is 12.6. The first-order valence-corrected chi connectivity index (χ1v) is 9.81. The lowest BCUT2D eigenvalue weighted by atomic mass is 10.1. The molecular weight excluding hydrogens is 434 g/mol. The van der Waals surface area contributed by atoms with Crippen LogP contribution in [0.2, 0.25) is 0 Å². The molecule has 0 radical (unpaired) electrons. The molecule has 11 nitrogen and oxygen atoms in total. The summed E-state index contributed by atoms with van der Waals surface area (Å²) in [5.41, 5.74) is 0.274. The highest BCUT2D eigenvalue weighted by Gasteiger charge is 2.18. The zero-order valence-electron chi connectivity index (χ0n) is 15.9. The lowest BCUT2D eigenvalue weighted by Crippen LogP contribution is -2.12. The van der Waals surface area contributed by atoms with Crippen LogP contribution in [0.15, 0.2) is 29.3 Å². The third kappa shape index (κ3) is 4.69. The molecule has 0 aliphatic carbocycles. The van der Waals surface area contributed by atoms with E-state index in [2.05, 4.69) is 20.5 Å². The van der Waals surface area contributed by atoms with Gasteiger partial charge in [-0.2, -0.15) is 0 Å². The Labute approximate surface area is 178 Å². The minimum Gasteiger partial charge on any atom is -0.493 e. The number of aromatic nitrogens is 2. The van der Waals surface area contributed by atoms with Crippen LogP contribution in [0.4, 0.5) is 15.3 Å². The van der Waals surface area contributed by atoms with E-state index in [0.717, 1.165) is 22.7 Å². The number of carbonyl (C=O) groups excluding carboxylic acids is 1. The van der Waals surface area contributed by atoms with Gasteiger partial charge in [0.2, 0.25) is 16.0 Å². The molecular formula is C17H15N5O6S2. The van der Waals surface area contributed by atoms with Crippen molar-refractivity contribution < 1.29 is 23.9 Å². The van der Waals surface area contributed by atoms with Crippen LogP contribution in [0.3, 0.4) is 0 Å². The van der Waals surface area contributed by atoms with Gasteiger partial charge in [0, 0.05) is 17.8 Å². The summed E-state index contributed by atoms with van der Waals surface area (Å²) < 4.78 is 15.7. The Morgan fingerprint density at radius 1 is 1.13 bits per heavy atom. The number of nitrogens with zero attached hydrogens (tertiary/aromatic N) is 4. The van der Waals surface area contributed by atoms with E-state index in [1.54, 1.807) is 6.07 Å². The number of hydrogen-bond acceptors (Lipinski definition) is 11. The smallest absolute Gasteiger partial charge is 0.324 e. The van der Waals surface area contributed by atoms with Crippen LogP contribution < -0.4 is 19.5 Å². The molecule has 0 fully saturated rings. The quantitative estimate of drug-likeness (QED) is 0.313. The molecule has 13 heteroatoms. The molecule has 0 spiro atoms. The van der Waals surface area contributed by atoms with Crippen molar-refractivity contribution in [1.82, 2.24) is 10.2 Å². The first-order valence-electron chi connectivity index (χ1n) is 8.18. The summed E-state index contributed by atoms with van der Waals surface area (Å²) in [7, 11) is 4.38. The number of ether oxygens (including phenoxy) is 3. The number of methoxy groups -OCH3 is 3. The van der Waals surface area contributed by atoms with Crippen molar-refractivity contribution in [2.75, 3.05) is 26.6 Å². The van der Waals surface area contributed by atoms with Gasteiger partial charge in [-0.25, -0.2) is 4.99 Å². The molecule has 0 saturated heterocycles. The summed E-state index contributed by atoms with van der Waals surface area (Å²) in [6.45, 7) is 0. The third-order valence-corrected chi connectivity index (χ3v) is 5.37. The second-order valence-electron chi connectivity index (χ2n) is 5.45. The van der Waals surface area contributed by atoms with Crippen molar-refractivity contribution in [3.63, 3.8) is 0 Å². The second-order valence-corrected chi connectivity index (χ2v) is 7.50. The molecule has 3 aromatic rings. The van der Waals surface area contributed by atoms with Crippen LogP contribution in [0.25, 0.3) is 0 Å². The van der Waals surface area contributed by atoms with Crippen LogP contribution in [-0.4, -0.2) is 48.6 Å². The minimum atomic E-state index is -0.469. The summed E-state index contributed by atoms with van der Waals surface area (Å²) in [6, 6.07) is 6.01. The summed E-state index contributed by atoms with van der Waals surface area (Å²) in [5, 5.41) is 21.6. The van der Waals surface area contributed by atoms with E-state index < -0.39 is 10.8 Å². The molecule has 30 heavy (non-hydrogen) atoms. The Morgan fingerprint density at radius 2 is 1.83 bits per heavy atom. The number of amides is 1. The van der Waals surface area contributed by atoms with Gasteiger partial charge < -0.3 is 14.2 Å². The minimum absolute atomic E-state index is 0.0204. The molecule has 1 aromatic carbocycles. The standard InChI is InChI=1S/C17H15N5O6S2/c1-26-11-6-9(7-12(27-2)14(11)28-3)15(23)19-17-21-20-16(30-17)18-8-10-4-5-13(29-10)22(24)25/h4-8H,1-3H3,(H,19,21,23). The van der Waals surface area contributed by atoms with Gasteiger partial charge in [-0.05, 0) is 18.2 Å². The van der Waals surface area contributed by atoms with Gasteiger partial charge in [-0.3, -0.25) is 20.2 Å². The van der Waals surface area contributed by atoms with Crippen molar-refractivity contribution in [3.05, 3.63) is 44.8 Å². The molecule has 2 aromatic heterocycles. The monoisotopic (exact) mass is 449 g/mol. The van der Waals surface area contributed by atoms with Crippen LogP contribution in [0.1, 0.15) is 15.2 Å². The number of nitro groups is 1.